The second kappa shape index (κ2) is 4.66. The van der Waals surface area contributed by atoms with E-state index in [1.807, 2.05) is 12.1 Å². The van der Waals surface area contributed by atoms with Crippen LogP contribution in [0.5, 0.6) is 0 Å². The summed E-state index contributed by atoms with van der Waals surface area (Å²) in [6.45, 7) is 3.88. The summed E-state index contributed by atoms with van der Waals surface area (Å²) in [6, 6.07) is 9.49. The zero-order valence-corrected chi connectivity index (χ0v) is 10.1. The molecule has 0 fully saturated rings. The van der Waals surface area contributed by atoms with Gasteiger partial charge in [0.1, 0.15) is 5.82 Å². The van der Waals surface area contributed by atoms with E-state index in [1.54, 1.807) is 24.3 Å². The van der Waals surface area contributed by atoms with Gasteiger partial charge >= 0.3 is 0 Å². The molecule has 2 rings (SSSR count). The molecule has 1 aromatic heterocycles. The van der Waals surface area contributed by atoms with Crippen LogP contribution >= 0.6 is 11.3 Å². The molecule has 0 radical (unpaired) electrons. The lowest BCUT2D eigenvalue weighted by Gasteiger charge is -2.14. The van der Waals surface area contributed by atoms with Crippen LogP contribution in [-0.4, -0.2) is 0 Å². The van der Waals surface area contributed by atoms with Crippen molar-refractivity contribution in [3.05, 3.63) is 52.0 Å². The number of rotatable bonds is 3. The van der Waals surface area contributed by atoms with Gasteiger partial charge in [0.25, 0.3) is 0 Å². The standard InChI is InChI=1S/C13H14FNS/c1-9-8-11(5-6-12(9)14)15-10(2)13-4-3-7-16-13/h3-8,10,15H,1-2H3. The van der Waals surface area contributed by atoms with E-state index in [0.29, 0.717) is 5.56 Å². The SMILES string of the molecule is Cc1cc(NC(C)c2cccs2)ccc1F. The second-order valence-corrected chi connectivity index (χ2v) is 4.82. The third-order valence-electron chi connectivity index (χ3n) is 2.51. The molecule has 84 valence electrons. The van der Waals surface area contributed by atoms with E-state index in [9.17, 15) is 4.39 Å². The van der Waals surface area contributed by atoms with Crippen LogP contribution in [0.4, 0.5) is 10.1 Å². The van der Waals surface area contributed by atoms with Crippen molar-refractivity contribution in [3.8, 4) is 0 Å². The molecule has 1 N–H and O–H groups in total. The van der Waals surface area contributed by atoms with Crippen molar-refractivity contribution in [1.29, 1.82) is 0 Å². The molecular formula is C13H14FNS. The first-order chi connectivity index (χ1) is 7.66. The van der Waals surface area contributed by atoms with Crippen LogP contribution in [0.3, 0.4) is 0 Å². The quantitative estimate of drug-likeness (QED) is 0.833. The number of halogens is 1. The Morgan fingerprint density at radius 3 is 2.75 bits per heavy atom. The van der Waals surface area contributed by atoms with Crippen LogP contribution < -0.4 is 5.32 Å². The van der Waals surface area contributed by atoms with E-state index in [-0.39, 0.29) is 11.9 Å². The Balaban J connectivity index is 2.12. The Kier molecular flexibility index (Phi) is 3.25. The summed E-state index contributed by atoms with van der Waals surface area (Å²) in [5.41, 5.74) is 1.63. The number of nitrogens with one attached hydrogen (secondary N) is 1. The molecule has 0 saturated carbocycles. The van der Waals surface area contributed by atoms with Crippen molar-refractivity contribution < 1.29 is 4.39 Å². The van der Waals surface area contributed by atoms with Gasteiger partial charge in [0.2, 0.25) is 0 Å². The molecule has 1 unspecified atom stereocenters. The molecular weight excluding hydrogens is 221 g/mol. The Hall–Kier alpha value is -1.35. The third-order valence-corrected chi connectivity index (χ3v) is 3.57. The lowest BCUT2D eigenvalue weighted by atomic mass is 10.2. The normalized spacial score (nSPS) is 12.4. The van der Waals surface area contributed by atoms with Crippen LogP contribution in [0.2, 0.25) is 0 Å². The van der Waals surface area contributed by atoms with E-state index in [1.165, 1.54) is 10.9 Å². The number of anilines is 1. The highest BCUT2D eigenvalue weighted by Gasteiger charge is 2.06. The number of thiophene rings is 1. The van der Waals surface area contributed by atoms with Gasteiger partial charge in [-0.1, -0.05) is 6.07 Å². The van der Waals surface area contributed by atoms with Crippen molar-refractivity contribution in [2.24, 2.45) is 0 Å². The minimum atomic E-state index is -0.158. The van der Waals surface area contributed by atoms with Gasteiger partial charge in [0.15, 0.2) is 0 Å². The molecule has 0 amide bonds. The fourth-order valence-electron chi connectivity index (χ4n) is 1.59. The average Bonchev–Trinajstić information content (AvgIpc) is 2.77. The van der Waals surface area contributed by atoms with Crippen molar-refractivity contribution in [3.63, 3.8) is 0 Å². The fraction of sp³-hybridized carbons (Fsp3) is 0.231. The molecule has 0 aliphatic heterocycles. The minimum absolute atomic E-state index is 0.158. The van der Waals surface area contributed by atoms with Crippen molar-refractivity contribution >= 4 is 17.0 Å². The summed E-state index contributed by atoms with van der Waals surface area (Å²) in [5.74, 6) is -0.158. The highest BCUT2D eigenvalue weighted by atomic mass is 32.1. The second-order valence-electron chi connectivity index (χ2n) is 3.85. The van der Waals surface area contributed by atoms with Gasteiger partial charge in [-0.05, 0) is 49.1 Å². The number of hydrogen-bond acceptors (Lipinski definition) is 2. The molecule has 0 bridgehead atoms. The highest BCUT2D eigenvalue weighted by Crippen LogP contribution is 2.23. The maximum atomic E-state index is 13.1. The van der Waals surface area contributed by atoms with Crippen LogP contribution in [0.15, 0.2) is 35.7 Å². The molecule has 2 aromatic rings. The van der Waals surface area contributed by atoms with Crippen molar-refractivity contribution in [2.45, 2.75) is 19.9 Å². The van der Waals surface area contributed by atoms with Gasteiger partial charge in [-0.3, -0.25) is 0 Å². The number of hydrogen-bond donors (Lipinski definition) is 1. The summed E-state index contributed by atoms with van der Waals surface area (Å²) < 4.78 is 13.1. The van der Waals surface area contributed by atoms with E-state index in [0.717, 1.165) is 5.69 Å². The van der Waals surface area contributed by atoms with Crippen LogP contribution in [0, 0.1) is 12.7 Å². The minimum Gasteiger partial charge on any atom is -0.378 e. The monoisotopic (exact) mass is 235 g/mol. The molecule has 1 atom stereocenters. The predicted octanol–water partition coefficient (Wildman–Crippen LogP) is 4.37. The smallest absolute Gasteiger partial charge is 0.126 e. The summed E-state index contributed by atoms with van der Waals surface area (Å²) in [5, 5.41) is 5.42. The summed E-state index contributed by atoms with van der Waals surface area (Å²) >= 11 is 1.72. The Morgan fingerprint density at radius 1 is 1.31 bits per heavy atom. The summed E-state index contributed by atoms with van der Waals surface area (Å²) in [7, 11) is 0. The van der Waals surface area contributed by atoms with Crippen molar-refractivity contribution in [2.75, 3.05) is 5.32 Å². The first-order valence-corrected chi connectivity index (χ1v) is 6.11. The zero-order chi connectivity index (χ0) is 11.5. The van der Waals surface area contributed by atoms with Crippen molar-refractivity contribution in [1.82, 2.24) is 0 Å². The largest absolute Gasteiger partial charge is 0.378 e. The maximum Gasteiger partial charge on any atom is 0.126 e. The number of benzene rings is 1. The Bertz CT molecular complexity index is 465. The van der Waals surface area contributed by atoms with Gasteiger partial charge in [-0.2, -0.15) is 0 Å². The highest BCUT2D eigenvalue weighted by molar-refractivity contribution is 7.10. The lowest BCUT2D eigenvalue weighted by molar-refractivity contribution is 0.618. The van der Waals surface area contributed by atoms with Gasteiger partial charge < -0.3 is 5.32 Å². The van der Waals surface area contributed by atoms with E-state index >= 15 is 0 Å². The zero-order valence-electron chi connectivity index (χ0n) is 9.33. The van der Waals surface area contributed by atoms with E-state index < -0.39 is 0 Å². The van der Waals surface area contributed by atoms with Crippen LogP contribution in [-0.2, 0) is 0 Å². The van der Waals surface area contributed by atoms with Gasteiger partial charge in [-0.15, -0.1) is 11.3 Å². The molecule has 16 heavy (non-hydrogen) atoms. The van der Waals surface area contributed by atoms with Crippen LogP contribution in [0.1, 0.15) is 23.4 Å². The Labute approximate surface area is 98.9 Å². The fourth-order valence-corrected chi connectivity index (χ4v) is 2.33. The molecule has 1 heterocycles. The predicted molar refractivity (Wildman–Crippen MR) is 67.5 cm³/mol. The molecule has 0 aliphatic rings. The molecule has 3 heteroatoms. The Morgan fingerprint density at radius 2 is 2.12 bits per heavy atom. The molecule has 1 aromatic carbocycles. The van der Waals surface area contributed by atoms with Gasteiger partial charge in [0.05, 0.1) is 6.04 Å². The first kappa shape index (κ1) is 11.1. The third kappa shape index (κ3) is 2.42. The summed E-state index contributed by atoms with van der Waals surface area (Å²) in [6.07, 6.45) is 0. The lowest BCUT2D eigenvalue weighted by Crippen LogP contribution is -2.05. The topological polar surface area (TPSA) is 12.0 Å². The van der Waals surface area contributed by atoms with E-state index in [2.05, 4.69) is 23.7 Å². The van der Waals surface area contributed by atoms with Gasteiger partial charge in [0, 0.05) is 10.6 Å². The molecule has 0 aliphatic carbocycles. The molecule has 1 nitrogen and oxygen atoms in total. The molecule has 0 saturated heterocycles. The summed E-state index contributed by atoms with van der Waals surface area (Å²) in [4.78, 5) is 1.28. The molecule has 0 spiro atoms. The van der Waals surface area contributed by atoms with E-state index in [4.69, 9.17) is 0 Å². The maximum absolute atomic E-state index is 13.1. The average molecular weight is 235 g/mol. The number of aryl methyl sites for hydroxylation is 1. The van der Waals surface area contributed by atoms with Gasteiger partial charge in [-0.25, -0.2) is 4.39 Å². The van der Waals surface area contributed by atoms with Crippen LogP contribution in [0.25, 0.3) is 0 Å². The first-order valence-electron chi connectivity index (χ1n) is 5.23.